The van der Waals surface area contributed by atoms with E-state index in [4.69, 9.17) is 10.5 Å². The van der Waals surface area contributed by atoms with Crippen LogP contribution in [0.4, 0.5) is 10.5 Å². The van der Waals surface area contributed by atoms with E-state index in [1.165, 1.54) is 0 Å². The van der Waals surface area contributed by atoms with Crippen molar-refractivity contribution in [2.75, 3.05) is 5.73 Å². The molecule has 0 bridgehead atoms. The highest BCUT2D eigenvalue weighted by Gasteiger charge is 2.39. The quantitative estimate of drug-likeness (QED) is 0.726. The molecule has 122 valence electrons. The molecule has 0 aliphatic rings. The molecule has 0 radical (unpaired) electrons. The first kappa shape index (κ1) is 17.8. The van der Waals surface area contributed by atoms with Gasteiger partial charge in [-0.3, -0.25) is 0 Å². The Kier molecular flexibility index (Phi) is 5.41. The van der Waals surface area contributed by atoms with Gasteiger partial charge in [-0.2, -0.15) is 0 Å². The fraction of sp³-hybridized carbons (Fsp3) is 0.500. The van der Waals surface area contributed by atoms with E-state index in [9.17, 15) is 14.7 Å². The summed E-state index contributed by atoms with van der Waals surface area (Å²) in [7, 11) is 0. The van der Waals surface area contributed by atoms with Gasteiger partial charge >= 0.3 is 12.1 Å². The second-order valence-electron chi connectivity index (χ2n) is 6.29. The van der Waals surface area contributed by atoms with Crippen molar-refractivity contribution < 1.29 is 19.4 Å². The van der Waals surface area contributed by atoms with E-state index in [0.29, 0.717) is 5.69 Å². The van der Waals surface area contributed by atoms with Crippen molar-refractivity contribution in [3.05, 3.63) is 29.8 Å². The van der Waals surface area contributed by atoms with Crippen LogP contribution in [0.1, 0.15) is 39.7 Å². The molecule has 0 aromatic heterocycles. The molecule has 0 aliphatic heterocycles. The molecule has 1 aromatic rings. The molecule has 6 heteroatoms. The van der Waals surface area contributed by atoms with Crippen LogP contribution in [0, 0.1) is 0 Å². The maximum absolute atomic E-state index is 12.0. The number of carbonyl (C=O) groups is 2. The van der Waals surface area contributed by atoms with Crippen LogP contribution in [-0.2, 0) is 16.0 Å². The van der Waals surface area contributed by atoms with Crippen LogP contribution in [0.15, 0.2) is 24.3 Å². The summed E-state index contributed by atoms with van der Waals surface area (Å²) in [6, 6.07) is 6.90. The monoisotopic (exact) mass is 308 g/mol. The normalized spacial score (nSPS) is 14.0. The Balaban J connectivity index is 2.97. The van der Waals surface area contributed by atoms with Crippen molar-refractivity contribution in [3.63, 3.8) is 0 Å². The first-order valence-corrected chi connectivity index (χ1v) is 7.17. The molecular formula is C16H24N2O4. The van der Waals surface area contributed by atoms with Crippen LogP contribution in [0.25, 0.3) is 0 Å². The number of amides is 1. The minimum atomic E-state index is -1.42. The number of hydrogen-bond donors (Lipinski definition) is 3. The van der Waals surface area contributed by atoms with Crippen LogP contribution >= 0.6 is 0 Å². The van der Waals surface area contributed by atoms with Gasteiger partial charge in [0, 0.05) is 12.1 Å². The Bertz CT molecular complexity index is 534. The molecule has 0 saturated carbocycles. The molecule has 1 amide bonds. The van der Waals surface area contributed by atoms with Crippen LogP contribution in [0.3, 0.4) is 0 Å². The zero-order valence-electron chi connectivity index (χ0n) is 13.5. The highest BCUT2D eigenvalue weighted by molar-refractivity contribution is 5.84. The van der Waals surface area contributed by atoms with Crippen molar-refractivity contribution in [2.45, 2.75) is 51.7 Å². The largest absolute Gasteiger partial charge is 0.479 e. The minimum Gasteiger partial charge on any atom is -0.479 e. The number of alkyl carbamates (subject to hydrolysis) is 1. The van der Waals surface area contributed by atoms with E-state index in [1.54, 1.807) is 52.0 Å². The zero-order chi connectivity index (χ0) is 17.0. The van der Waals surface area contributed by atoms with E-state index in [2.05, 4.69) is 5.32 Å². The molecule has 6 nitrogen and oxygen atoms in total. The Hall–Kier alpha value is -2.24. The Morgan fingerprint density at radius 2 is 1.77 bits per heavy atom. The molecule has 22 heavy (non-hydrogen) atoms. The Morgan fingerprint density at radius 3 is 2.18 bits per heavy atom. The van der Waals surface area contributed by atoms with Gasteiger partial charge in [-0.15, -0.1) is 0 Å². The zero-order valence-corrected chi connectivity index (χ0v) is 13.5. The number of rotatable bonds is 5. The number of carboxylic acids is 1. The average molecular weight is 308 g/mol. The summed E-state index contributed by atoms with van der Waals surface area (Å²) in [6.07, 6.45) is -0.364. The highest BCUT2D eigenvalue weighted by Crippen LogP contribution is 2.20. The van der Waals surface area contributed by atoms with Crippen molar-refractivity contribution >= 4 is 17.7 Å². The van der Waals surface area contributed by atoms with Gasteiger partial charge in [-0.1, -0.05) is 19.1 Å². The topological polar surface area (TPSA) is 102 Å². The molecule has 1 rings (SSSR count). The molecule has 0 saturated heterocycles. The molecule has 0 spiro atoms. The lowest BCUT2D eigenvalue weighted by Gasteiger charge is -2.31. The number of hydrogen-bond acceptors (Lipinski definition) is 4. The second-order valence-corrected chi connectivity index (χ2v) is 6.29. The number of benzene rings is 1. The summed E-state index contributed by atoms with van der Waals surface area (Å²) in [5.74, 6) is -1.10. The predicted molar refractivity (Wildman–Crippen MR) is 84.6 cm³/mol. The summed E-state index contributed by atoms with van der Waals surface area (Å²) in [5, 5.41) is 12.1. The smallest absolute Gasteiger partial charge is 0.408 e. The van der Waals surface area contributed by atoms with Crippen LogP contribution in [-0.4, -0.2) is 28.3 Å². The number of ether oxygens (including phenoxy) is 1. The summed E-state index contributed by atoms with van der Waals surface area (Å²) in [4.78, 5) is 23.7. The minimum absolute atomic E-state index is 0.151. The van der Waals surface area contributed by atoms with Gasteiger partial charge in [0.15, 0.2) is 0 Å². The lowest BCUT2D eigenvalue weighted by atomic mass is 9.88. The highest BCUT2D eigenvalue weighted by atomic mass is 16.6. The van der Waals surface area contributed by atoms with E-state index in [0.717, 1.165) is 5.56 Å². The molecule has 0 unspecified atom stereocenters. The molecule has 0 aliphatic carbocycles. The molecule has 0 heterocycles. The number of anilines is 1. The van der Waals surface area contributed by atoms with Gasteiger partial charge in [-0.25, -0.2) is 9.59 Å². The summed E-state index contributed by atoms with van der Waals surface area (Å²) < 4.78 is 5.17. The van der Waals surface area contributed by atoms with Gasteiger partial charge in [0.25, 0.3) is 0 Å². The molecular weight excluding hydrogens is 284 g/mol. The third-order valence-electron chi connectivity index (χ3n) is 3.24. The standard InChI is InChI=1S/C16H24N2O4/c1-5-16(13(19)20,18-14(21)22-15(2,3)4)10-11-6-8-12(17)9-7-11/h6-9H,5,10,17H2,1-4H3,(H,18,21)(H,19,20)/t16-/m0/s1. The van der Waals surface area contributed by atoms with Gasteiger partial charge in [0.1, 0.15) is 11.1 Å². The fourth-order valence-electron chi connectivity index (χ4n) is 2.02. The van der Waals surface area contributed by atoms with Crippen molar-refractivity contribution in [1.29, 1.82) is 0 Å². The van der Waals surface area contributed by atoms with Gasteiger partial charge < -0.3 is 20.9 Å². The van der Waals surface area contributed by atoms with E-state index in [-0.39, 0.29) is 12.8 Å². The van der Waals surface area contributed by atoms with Crippen molar-refractivity contribution in [1.82, 2.24) is 5.32 Å². The SMILES string of the molecule is CC[C@@](Cc1ccc(N)cc1)(NC(=O)OC(C)(C)C)C(=O)O. The maximum Gasteiger partial charge on any atom is 0.408 e. The third-order valence-corrected chi connectivity index (χ3v) is 3.24. The number of nitrogens with two attached hydrogens (primary N) is 1. The molecule has 1 aromatic carbocycles. The predicted octanol–water partition coefficient (Wildman–Crippen LogP) is 2.57. The summed E-state index contributed by atoms with van der Waals surface area (Å²) in [6.45, 7) is 6.88. The number of carbonyl (C=O) groups excluding carboxylic acids is 1. The van der Waals surface area contributed by atoms with Crippen LogP contribution in [0.2, 0.25) is 0 Å². The first-order chi connectivity index (χ1) is 10.1. The summed E-state index contributed by atoms with van der Waals surface area (Å²) in [5.41, 5.74) is 4.89. The van der Waals surface area contributed by atoms with Crippen LogP contribution in [0.5, 0.6) is 0 Å². The Labute approximate surface area is 130 Å². The second kappa shape index (κ2) is 6.68. The van der Waals surface area contributed by atoms with Gasteiger partial charge in [0.05, 0.1) is 0 Å². The molecule has 1 atom stereocenters. The number of nitrogen functional groups attached to an aromatic ring is 1. The Morgan fingerprint density at radius 1 is 1.23 bits per heavy atom. The maximum atomic E-state index is 12.0. The van der Waals surface area contributed by atoms with E-state index < -0.39 is 23.2 Å². The van der Waals surface area contributed by atoms with Crippen LogP contribution < -0.4 is 11.1 Å². The third kappa shape index (κ3) is 4.95. The first-order valence-electron chi connectivity index (χ1n) is 7.17. The lowest BCUT2D eigenvalue weighted by Crippen LogP contribution is -2.56. The molecule has 4 N–H and O–H groups in total. The van der Waals surface area contributed by atoms with Crippen molar-refractivity contribution in [2.24, 2.45) is 0 Å². The van der Waals surface area contributed by atoms with E-state index in [1.807, 2.05) is 0 Å². The number of nitrogens with one attached hydrogen (secondary N) is 1. The lowest BCUT2D eigenvalue weighted by molar-refractivity contribution is -0.145. The fourth-order valence-corrected chi connectivity index (χ4v) is 2.02. The number of aliphatic carboxylic acids is 1. The summed E-state index contributed by atoms with van der Waals surface area (Å²) >= 11 is 0. The average Bonchev–Trinajstić information content (AvgIpc) is 2.38. The molecule has 0 fully saturated rings. The van der Waals surface area contributed by atoms with E-state index >= 15 is 0 Å². The number of carboxylic acid groups (broad SMARTS) is 1. The van der Waals surface area contributed by atoms with Gasteiger partial charge in [0.2, 0.25) is 0 Å². The van der Waals surface area contributed by atoms with Gasteiger partial charge in [-0.05, 0) is 44.9 Å². The van der Waals surface area contributed by atoms with Crippen molar-refractivity contribution in [3.8, 4) is 0 Å².